The third-order valence-electron chi connectivity index (χ3n) is 3.38. The Morgan fingerprint density at radius 2 is 2.09 bits per heavy atom. The van der Waals surface area contributed by atoms with Gasteiger partial charge in [0.25, 0.3) is 0 Å². The van der Waals surface area contributed by atoms with Crippen molar-refractivity contribution in [2.24, 2.45) is 5.92 Å². The van der Waals surface area contributed by atoms with E-state index in [4.69, 9.17) is 0 Å². The molecule has 0 saturated carbocycles. The first kappa shape index (κ1) is 16.6. The number of amides is 1. The number of aromatic nitrogens is 2. The summed E-state index contributed by atoms with van der Waals surface area (Å²) < 4.78 is 29.0. The van der Waals surface area contributed by atoms with Gasteiger partial charge in [-0.05, 0) is 41.9 Å². The quantitative estimate of drug-likeness (QED) is 0.887. The topological polar surface area (TPSA) is 46.9 Å². The van der Waals surface area contributed by atoms with Gasteiger partial charge in [-0.15, -0.1) is 0 Å². The van der Waals surface area contributed by atoms with Crippen LogP contribution >= 0.6 is 15.9 Å². The van der Waals surface area contributed by atoms with E-state index in [-0.39, 0.29) is 11.6 Å². The van der Waals surface area contributed by atoms with Gasteiger partial charge in [0, 0.05) is 11.8 Å². The molecule has 1 amide bonds. The molecule has 1 aromatic carbocycles. The van der Waals surface area contributed by atoms with Gasteiger partial charge in [-0.25, -0.2) is 8.78 Å². The second kappa shape index (κ2) is 6.56. The van der Waals surface area contributed by atoms with Crippen molar-refractivity contribution in [1.82, 2.24) is 9.78 Å². The first-order valence-electron chi connectivity index (χ1n) is 6.75. The minimum atomic E-state index is -0.797. The smallest absolute Gasteiger partial charge is 0.229 e. The van der Waals surface area contributed by atoms with Crippen LogP contribution in [-0.2, 0) is 11.3 Å². The van der Waals surface area contributed by atoms with Crippen LogP contribution in [0.4, 0.5) is 14.5 Å². The lowest BCUT2D eigenvalue weighted by molar-refractivity contribution is -0.119. The lowest BCUT2D eigenvalue weighted by Crippen LogP contribution is -2.25. The summed E-state index contributed by atoms with van der Waals surface area (Å²) in [7, 11) is 0. The van der Waals surface area contributed by atoms with Gasteiger partial charge in [-0.3, -0.25) is 9.48 Å². The largest absolute Gasteiger partial charge is 0.323 e. The molecule has 1 N–H and O–H groups in total. The number of nitrogens with zero attached hydrogens (tertiary/aromatic N) is 2. The molecule has 7 heteroatoms. The minimum Gasteiger partial charge on any atom is -0.323 e. The van der Waals surface area contributed by atoms with Crippen molar-refractivity contribution in [1.29, 1.82) is 0 Å². The lowest BCUT2D eigenvalue weighted by atomic mass is 10.1. The lowest BCUT2D eigenvalue weighted by Gasteiger charge is -2.14. The summed E-state index contributed by atoms with van der Waals surface area (Å²) in [6, 6.07) is 3.04. The molecule has 118 valence electrons. The molecule has 0 fully saturated rings. The van der Waals surface area contributed by atoms with Gasteiger partial charge < -0.3 is 5.32 Å². The molecule has 2 rings (SSSR count). The summed E-state index contributed by atoms with van der Waals surface area (Å²) in [5.74, 6) is -2.26. The van der Waals surface area contributed by atoms with E-state index >= 15 is 0 Å². The Morgan fingerprint density at radius 3 is 2.64 bits per heavy atom. The molecule has 1 atom stereocenters. The zero-order valence-corrected chi connectivity index (χ0v) is 14.0. The fourth-order valence-electron chi connectivity index (χ4n) is 2.04. The Hall–Kier alpha value is -1.76. The van der Waals surface area contributed by atoms with Crippen LogP contribution in [0.1, 0.15) is 18.3 Å². The molecular formula is C15H16BrF2N3O. The highest BCUT2D eigenvalue weighted by Gasteiger charge is 2.18. The average molecular weight is 372 g/mol. The number of halogens is 3. The van der Waals surface area contributed by atoms with Crippen molar-refractivity contribution in [3.63, 3.8) is 0 Å². The Balaban J connectivity index is 2.07. The fourth-order valence-corrected chi connectivity index (χ4v) is 2.33. The maximum atomic E-state index is 13.5. The fraction of sp³-hybridized carbons (Fsp3) is 0.333. The summed E-state index contributed by atoms with van der Waals surface area (Å²) in [4.78, 5) is 12.1. The normalized spacial score (nSPS) is 12.3. The number of carbonyl (C=O) groups is 1. The van der Waals surface area contributed by atoms with Crippen molar-refractivity contribution in [2.45, 2.75) is 27.3 Å². The molecule has 0 aliphatic heterocycles. The Morgan fingerprint density at radius 1 is 1.41 bits per heavy atom. The van der Waals surface area contributed by atoms with E-state index in [0.29, 0.717) is 6.54 Å². The minimum absolute atomic E-state index is 0.0344. The second-order valence-electron chi connectivity index (χ2n) is 5.18. The standard InChI is InChI=1S/C15H16BrF2N3O/c1-8(7-21-10(3)14(16)9(2)20-21)15(22)19-13-5-4-11(17)6-12(13)18/h4-6,8H,7H2,1-3H3,(H,19,22)/t8-/m1/s1. The molecule has 1 heterocycles. The van der Waals surface area contributed by atoms with Gasteiger partial charge >= 0.3 is 0 Å². The monoisotopic (exact) mass is 371 g/mol. The van der Waals surface area contributed by atoms with Crippen molar-refractivity contribution in [3.8, 4) is 0 Å². The molecule has 0 radical (unpaired) electrons. The van der Waals surface area contributed by atoms with Gasteiger partial charge in [-0.2, -0.15) is 5.10 Å². The van der Waals surface area contributed by atoms with Crippen LogP contribution in [0.3, 0.4) is 0 Å². The summed E-state index contributed by atoms with van der Waals surface area (Å²) in [5, 5.41) is 6.80. The molecule has 1 aromatic heterocycles. The predicted molar refractivity (Wildman–Crippen MR) is 83.6 cm³/mol. The molecule has 0 aliphatic rings. The van der Waals surface area contributed by atoms with Crippen molar-refractivity contribution < 1.29 is 13.6 Å². The van der Waals surface area contributed by atoms with E-state index in [2.05, 4.69) is 26.3 Å². The number of rotatable bonds is 4. The Bertz CT molecular complexity index is 715. The zero-order valence-electron chi connectivity index (χ0n) is 12.5. The summed E-state index contributed by atoms with van der Waals surface area (Å²) in [6.45, 7) is 5.86. The SMILES string of the molecule is Cc1nn(C[C@@H](C)C(=O)Nc2ccc(F)cc2F)c(C)c1Br. The molecule has 22 heavy (non-hydrogen) atoms. The predicted octanol–water partition coefficient (Wildman–Crippen LogP) is 3.82. The third kappa shape index (κ3) is 3.52. The summed E-state index contributed by atoms with van der Waals surface area (Å²) in [5.41, 5.74) is 1.73. The van der Waals surface area contributed by atoms with E-state index in [1.807, 2.05) is 13.8 Å². The summed E-state index contributed by atoms with van der Waals surface area (Å²) >= 11 is 3.43. The maximum absolute atomic E-state index is 13.5. The van der Waals surface area contributed by atoms with Crippen LogP contribution in [0.5, 0.6) is 0 Å². The van der Waals surface area contributed by atoms with Gasteiger partial charge in [0.1, 0.15) is 11.6 Å². The maximum Gasteiger partial charge on any atom is 0.229 e. The van der Waals surface area contributed by atoms with Crippen LogP contribution in [0.15, 0.2) is 22.7 Å². The number of hydrogen-bond acceptors (Lipinski definition) is 2. The van der Waals surface area contributed by atoms with Crippen molar-refractivity contribution in [2.75, 3.05) is 5.32 Å². The average Bonchev–Trinajstić information content (AvgIpc) is 2.69. The number of carbonyl (C=O) groups excluding carboxylic acids is 1. The van der Waals surface area contributed by atoms with E-state index < -0.39 is 17.6 Å². The molecule has 0 spiro atoms. The van der Waals surface area contributed by atoms with E-state index in [1.165, 1.54) is 6.07 Å². The van der Waals surface area contributed by atoms with Crippen molar-refractivity contribution in [3.05, 3.63) is 45.7 Å². The molecular weight excluding hydrogens is 356 g/mol. The Labute approximate surface area is 135 Å². The van der Waals surface area contributed by atoms with Crippen molar-refractivity contribution >= 4 is 27.5 Å². The highest BCUT2D eigenvalue weighted by Crippen LogP contribution is 2.21. The first-order chi connectivity index (χ1) is 10.3. The van der Waals surface area contributed by atoms with E-state index in [1.54, 1.807) is 11.6 Å². The molecule has 0 aliphatic carbocycles. The number of aryl methyl sites for hydroxylation is 1. The van der Waals surface area contributed by atoms with E-state index in [0.717, 1.165) is 28.0 Å². The highest BCUT2D eigenvalue weighted by molar-refractivity contribution is 9.10. The number of benzene rings is 1. The number of anilines is 1. The molecule has 0 unspecified atom stereocenters. The second-order valence-corrected chi connectivity index (χ2v) is 5.97. The molecule has 4 nitrogen and oxygen atoms in total. The van der Waals surface area contributed by atoms with Crippen LogP contribution in [-0.4, -0.2) is 15.7 Å². The Kier molecular flexibility index (Phi) is 4.95. The van der Waals surface area contributed by atoms with Gasteiger partial charge in [0.05, 0.1) is 28.3 Å². The van der Waals surface area contributed by atoms with Gasteiger partial charge in [0.2, 0.25) is 5.91 Å². The van der Waals surface area contributed by atoms with Gasteiger partial charge in [-0.1, -0.05) is 6.92 Å². The highest BCUT2D eigenvalue weighted by atomic mass is 79.9. The number of hydrogen-bond donors (Lipinski definition) is 1. The third-order valence-corrected chi connectivity index (χ3v) is 4.52. The molecule has 0 bridgehead atoms. The molecule has 0 saturated heterocycles. The van der Waals surface area contributed by atoms with Crippen LogP contribution in [0, 0.1) is 31.4 Å². The number of nitrogens with one attached hydrogen (secondary N) is 1. The zero-order chi connectivity index (χ0) is 16.4. The summed E-state index contributed by atoms with van der Waals surface area (Å²) in [6.07, 6.45) is 0. The van der Waals surface area contributed by atoms with Crippen LogP contribution < -0.4 is 5.32 Å². The first-order valence-corrected chi connectivity index (χ1v) is 7.54. The van der Waals surface area contributed by atoms with E-state index in [9.17, 15) is 13.6 Å². The van der Waals surface area contributed by atoms with Crippen LogP contribution in [0.2, 0.25) is 0 Å². The van der Waals surface area contributed by atoms with Gasteiger partial charge in [0.15, 0.2) is 0 Å². The van der Waals surface area contributed by atoms with Crippen LogP contribution in [0.25, 0.3) is 0 Å². The molecule has 2 aromatic rings.